The minimum Gasteiger partial charge on any atom is -0.314 e. The number of fused-ring (bicyclic) bond motifs is 1. The fourth-order valence-electron chi connectivity index (χ4n) is 3.48. The minimum atomic E-state index is 0.678. The number of nitrogens with zero attached hydrogens (tertiary/aromatic N) is 2. The monoisotopic (exact) mass is 283 g/mol. The molecule has 1 aliphatic heterocycles. The van der Waals surface area contributed by atoms with Crippen LogP contribution in [0.25, 0.3) is 10.9 Å². The molecule has 21 heavy (non-hydrogen) atoms. The molecule has 0 spiro atoms. The van der Waals surface area contributed by atoms with Gasteiger partial charge < -0.3 is 5.32 Å². The van der Waals surface area contributed by atoms with Crippen molar-refractivity contribution in [3.05, 3.63) is 42.1 Å². The van der Waals surface area contributed by atoms with Crippen molar-refractivity contribution >= 4 is 10.9 Å². The van der Waals surface area contributed by atoms with Gasteiger partial charge in [0.15, 0.2) is 0 Å². The number of likely N-dealkylation sites (tertiary alicyclic amines) is 1. The smallest absolute Gasteiger partial charge is 0.0746 e. The third-order valence-corrected chi connectivity index (χ3v) is 4.57. The first kappa shape index (κ1) is 14.5. The standard InChI is InChI=1S/C18H25N3/c1-3-19-17-9-11-21(12-14(17)2)13-16-7-4-6-15-8-5-10-20-18(15)16/h4-8,10,14,17,19H,3,9,11-13H2,1-2H3. The molecule has 1 N–H and O–H groups in total. The van der Waals surface area contributed by atoms with Gasteiger partial charge >= 0.3 is 0 Å². The van der Waals surface area contributed by atoms with Crippen LogP contribution < -0.4 is 5.32 Å². The van der Waals surface area contributed by atoms with Crippen LogP contribution in [0.5, 0.6) is 0 Å². The first-order valence-electron chi connectivity index (χ1n) is 8.06. The van der Waals surface area contributed by atoms with Gasteiger partial charge in [-0.25, -0.2) is 0 Å². The molecule has 0 bridgehead atoms. The summed E-state index contributed by atoms with van der Waals surface area (Å²) in [5.74, 6) is 0.710. The number of piperidine rings is 1. The molecule has 0 radical (unpaired) electrons. The van der Waals surface area contributed by atoms with Gasteiger partial charge in [-0.15, -0.1) is 0 Å². The van der Waals surface area contributed by atoms with Crippen LogP contribution in [-0.2, 0) is 6.54 Å². The van der Waals surface area contributed by atoms with Crippen molar-refractivity contribution in [1.82, 2.24) is 15.2 Å². The molecule has 3 nitrogen and oxygen atoms in total. The summed E-state index contributed by atoms with van der Waals surface area (Å²) in [5.41, 5.74) is 2.50. The minimum absolute atomic E-state index is 0.678. The summed E-state index contributed by atoms with van der Waals surface area (Å²) in [7, 11) is 0. The topological polar surface area (TPSA) is 28.2 Å². The lowest BCUT2D eigenvalue weighted by Crippen LogP contribution is -2.47. The van der Waals surface area contributed by atoms with E-state index >= 15 is 0 Å². The first-order valence-corrected chi connectivity index (χ1v) is 8.06. The summed E-state index contributed by atoms with van der Waals surface area (Å²) >= 11 is 0. The molecule has 0 amide bonds. The van der Waals surface area contributed by atoms with Crippen molar-refractivity contribution < 1.29 is 0 Å². The number of rotatable bonds is 4. The molecule has 1 aliphatic rings. The average Bonchev–Trinajstić information content (AvgIpc) is 2.51. The van der Waals surface area contributed by atoms with Crippen LogP contribution in [-0.4, -0.2) is 35.6 Å². The van der Waals surface area contributed by atoms with Crippen molar-refractivity contribution in [3.8, 4) is 0 Å². The van der Waals surface area contributed by atoms with Crippen LogP contribution in [0.15, 0.2) is 36.5 Å². The average molecular weight is 283 g/mol. The molecule has 2 unspecified atom stereocenters. The van der Waals surface area contributed by atoms with Crippen LogP contribution in [0.3, 0.4) is 0 Å². The van der Waals surface area contributed by atoms with Gasteiger partial charge in [-0.3, -0.25) is 9.88 Å². The third kappa shape index (κ3) is 3.25. The van der Waals surface area contributed by atoms with Crippen molar-refractivity contribution in [2.24, 2.45) is 5.92 Å². The van der Waals surface area contributed by atoms with Crippen molar-refractivity contribution in [2.45, 2.75) is 32.9 Å². The number of pyridine rings is 1. The number of aromatic nitrogens is 1. The Labute approximate surface area is 127 Å². The van der Waals surface area contributed by atoms with E-state index in [2.05, 4.69) is 53.3 Å². The molecule has 2 atom stereocenters. The van der Waals surface area contributed by atoms with Crippen LogP contribution in [0.2, 0.25) is 0 Å². The highest BCUT2D eigenvalue weighted by molar-refractivity contribution is 5.81. The van der Waals surface area contributed by atoms with E-state index in [1.165, 1.54) is 30.5 Å². The Hall–Kier alpha value is -1.45. The summed E-state index contributed by atoms with van der Waals surface area (Å²) in [6.07, 6.45) is 3.14. The largest absolute Gasteiger partial charge is 0.314 e. The highest BCUT2D eigenvalue weighted by Gasteiger charge is 2.25. The molecule has 1 fully saturated rings. The second-order valence-corrected chi connectivity index (χ2v) is 6.16. The highest BCUT2D eigenvalue weighted by atomic mass is 15.1. The second kappa shape index (κ2) is 6.54. The zero-order valence-electron chi connectivity index (χ0n) is 13.0. The number of hydrogen-bond donors (Lipinski definition) is 1. The van der Waals surface area contributed by atoms with E-state index in [4.69, 9.17) is 0 Å². The number of para-hydroxylation sites is 1. The predicted molar refractivity (Wildman–Crippen MR) is 88.3 cm³/mol. The SMILES string of the molecule is CCNC1CCN(Cc2cccc3cccnc23)CC1C. The lowest BCUT2D eigenvalue weighted by Gasteiger charge is -2.37. The van der Waals surface area contributed by atoms with Crippen LogP contribution in [0.1, 0.15) is 25.8 Å². The lowest BCUT2D eigenvalue weighted by atomic mass is 9.93. The molecule has 3 rings (SSSR count). The van der Waals surface area contributed by atoms with E-state index in [1.54, 1.807) is 0 Å². The van der Waals surface area contributed by atoms with Gasteiger partial charge in [0.1, 0.15) is 0 Å². The molecule has 1 aromatic heterocycles. The normalized spacial score (nSPS) is 23.5. The zero-order chi connectivity index (χ0) is 14.7. The van der Waals surface area contributed by atoms with E-state index in [9.17, 15) is 0 Å². The van der Waals surface area contributed by atoms with E-state index in [0.29, 0.717) is 12.0 Å². The van der Waals surface area contributed by atoms with Gasteiger partial charge in [0.25, 0.3) is 0 Å². The first-order chi connectivity index (χ1) is 10.3. The van der Waals surface area contributed by atoms with E-state index in [-0.39, 0.29) is 0 Å². The maximum atomic E-state index is 4.57. The Morgan fingerprint density at radius 2 is 2.14 bits per heavy atom. The van der Waals surface area contributed by atoms with Crippen molar-refractivity contribution in [2.75, 3.05) is 19.6 Å². The maximum absolute atomic E-state index is 4.57. The zero-order valence-corrected chi connectivity index (χ0v) is 13.0. The van der Waals surface area contributed by atoms with Gasteiger partial charge in [0.05, 0.1) is 5.52 Å². The molecule has 112 valence electrons. The maximum Gasteiger partial charge on any atom is 0.0746 e. The van der Waals surface area contributed by atoms with E-state index in [0.717, 1.165) is 18.6 Å². The Bertz CT molecular complexity index is 591. The third-order valence-electron chi connectivity index (χ3n) is 4.57. The molecule has 0 saturated carbocycles. The molecule has 1 saturated heterocycles. The summed E-state index contributed by atoms with van der Waals surface area (Å²) in [6.45, 7) is 8.98. The molecular formula is C18H25N3. The predicted octanol–water partition coefficient (Wildman–Crippen LogP) is 3.05. The van der Waals surface area contributed by atoms with Gasteiger partial charge in [-0.05, 0) is 37.1 Å². The second-order valence-electron chi connectivity index (χ2n) is 6.16. The summed E-state index contributed by atoms with van der Waals surface area (Å²) in [6, 6.07) is 11.3. The Morgan fingerprint density at radius 3 is 2.95 bits per heavy atom. The molecule has 0 aliphatic carbocycles. The van der Waals surface area contributed by atoms with Gasteiger partial charge in [-0.2, -0.15) is 0 Å². The van der Waals surface area contributed by atoms with Crippen LogP contribution in [0, 0.1) is 5.92 Å². The number of hydrogen-bond acceptors (Lipinski definition) is 3. The quantitative estimate of drug-likeness (QED) is 0.935. The Balaban J connectivity index is 1.72. The van der Waals surface area contributed by atoms with Crippen LogP contribution >= 0.6 is 0 Å². The fourth-order valence-corrected chi connectivity index (χ4v) is 3.48. The molecular weight excluding hydrogens is 258 g/mol. The van der Waals surface area contributed by atoms with E-state index in [1.807, 2.05) is 12.3 Å². The van der Waals surface area contributed by atoms with Crippen molar-refractivity contribution in [3.63, 3.8) is 0 Å². The summed E-state index contributed by atoms with van der Waals surface area (Å²) in [5, 5.41) is 4.85. The lowest BCUT2D eigenvalue weighted by molar-refractivity contribution is 0.142. The van der Waals surface area contributed by atoms with Gasteiger partial charge in [0, 0.05) is 30.7 Å². The summed E-state index contributed by atoms with van der Waals surface area (Å²) in [4.78, 5) is 7.14. The number of benzene rings is 1. The molecule has 2 heterocycles. The van der Waals surface area contributed by atoms with Crippen molar-refractivity contribution in [1.29, 1.82) is 0 Å². The van der Waals surface area contributed by atoms with Gasteiger partial charge in [0.2, 0.25) is 0 Å². The Morgan fingerprint density at radius 1 is 1.29 bits per heavy atom. The van der Waals surface area contributed by atoms with Gasteiger partial charge in [-0.1, -0.05) is 38.1 Å². The van der Waals surface area contributed by atoms with E-state index < -0.39 is 0 Å². The number of nitrogens with one attached hydrogen (secondary N) is 1. The fraction of sp³-hybridized carbons (Fsp3) is 0.500. The molecule has 2 aromatic rings. The summed E-state index contributed by atoms with van der Waals surface area (Å²) < 4.78 is 0. The Kier molecular flexibility index (Phi) is 4.51. The highest BCUT2D eigenvalue weighted by Crippen LogP contribution is 2.22. The molecule has 1 aromatic carbocycles. The molecule has 3 heteroatoms. The van der Waals surface area contributed by atoms with Crippen LogP contribution in [0.4, 0.5) is 0 Å².